The summed E-state index contributed by atoms with van der Waals surface area (Å²) in [5.74, 6) is 0.0742. The molecule has 1 aliphatic heterocycles. The number of halogens is 1. The fraction of sp³-hybridized carbons (Fsp3) is 0.316. The minimum atomic E-state index is -0.328. The van der Waals surface area contributed by atoms with Gasteiger partial charge in [0.05, 0.1) is 12.7 Å². The van der Waals surface area contributed by atoms with Crippen molar-refractivity contribution in [1.82, 2.24) is 4.90 Å². The van der Waals surface area contributed by atoms with E-state index in [0.717, 1.165) is 6.42 Å². The average Bonchev–Trinajstić information content (AvgIpc) is 2.62. The van der Waals surface area contributed by atoms with Crippen LogP contribution in [0.1, 0.15) is 5.56 Å². The van der Waals surface area contributed by atoms with Gasteiger partial charge < -0.3 is 14.4 Å². The van der Waals surface area contributed by atoms with E-state index in [2.05, 4.69) is 12.1 Å². The number of carbonyl (C=O) groups is 1. The Bertz CT molecular complexity index is 660. The van der Waals surface area contributed by atoms with E-state index >= 15 is 0 Å². The Balaban J connectivity index is 1.50. The third-order valence-electron chi connectivity index (χ3n) is 3.97. The van der Waals surface area contributed by atoms with Gasteiger partial charge in [-0.25, -0.2) is 4.39 Å². The Morgan fingerprint density at radius 3 is 2.67 bits per heavy atom. The summed E-state index contributed by atoms with van der Waals surface area (Å²) in [6, 6.07) is 15.7. The second-order valence-corrected chi connectivity index (χ2v) is 5.76. The molecule has 0 aliphatic carbocycles. The van der Waals surface area contributed by atoms with Gasteiger partial charge in [0.2, 0.25) is 0 Å². The fourth-order valence-electron chi connectivity index (χ4n) is 2.71. The van der Waals surface area contributed by atoms with E-state index in [1.54, 1.807) is 4.90 Å². The summed E-state index contributed by atoms with van der Waals surface area (Å²) in [5.41, 5.74) is 1.19. The van der Waals surface area contributed by atoms with Gasteiger partial charge >= 0.3 is 0 Å². The summed E-state index contributed by atoms with van der Waals surface area (Å²) in [5, 5.41) is 0. The zero-order chi connectivity index (χ0) is 16.8. The van der Waals surface area contributed by atoms with Crippen LogP contribution in [-0.4, -0.2) is 43.2 Å². The first-order valence-corrected chi connectivity index (χ1v) is 8.02. The highest BCUT2D eigenvalue weighted by Gasteiger charge is 2.24. The van der Waals surface area contributed by atoms with Crippen molar-refractivity contribution in [3.05, 3.63) is 66.0 Å². The van der Waals surface area contributed by atoms with Crippen LogP contribution in [0.5, 0.6) is 5.75 Å². The van der Waals surface area contributed by atoms with Crippen LogP contribution in [0.3, 0.4) is 0 Å². The van der Waals surface area contributed by atoms with Crippen LogP contribution >= 0.6 is 0 Å². The molecule has 1 unspecified atom stereocenters. The normalized spacial score (nSPS) is 17.5. The summed E-state index contributed by atoms with van der Waals surface area (Å²) >= 11 is 0. The molecule has 0 aromatic heterocycles. The lowest BCUT2D eigenvalue weighted by atomic mass is 10.1. The lowest BCUT2D eigenvalue weighted by Crippen LogP contribution is -2.47. The highest BCUT2D eigenvalue weighted by Crippen LogP contribution is 2.14. The highest BCUT2D eigenvalue weighted by atomic mass is 19.1. The molecule has 1 saturated heterocycles. The van der Waals surface area contributed by atoms with E-state index in [1.807, 2.05) is 18.2 Å². The van der Waals surface area contributed by atoms with Crippen molar-refractivity contribution >= 4 is 5.91 Å². The molecule has 2 aromatic rings. The van der Waals surface area contributed by atoms with Crippen molar-refractivity contribution in [3.63, 3.8) is 0 Å². The van der Waals surface area contributed by atoms with Gasteiger partial charge in [-0.05, 0) is 29.8 Å². The topological polar surface area (TPSA) is 38.8 Å². The van der Waals surface area contributed by atoms with Crippen LogP contribution in [0.25, 0.3) is 0 Å². The quantitative estimate of drug-likeness (QED) is 0.846. The van der Waals surface area contributed by atoms with Gasteiger partial charge in [0, 0.05) is 19.5 Å². The number of amides is 1. The van der Waals surface area contributed by atoms with Gasteiger partial charge in [-0.1, -0.05) is 30.3 Å². The molecular formula is C19H20FNO3. The lowest BCUT2D eigenvalue weighted by Gasteiger charge is -2.33. The Morgan fingerprint density at radius 2 is 1.92 bits per heavy atom. The molecule has 0 bridgehead atoms. The molecule has 1 aliphatic rings. The summed E-state index contributed by atoms with van der Waals surface area (Å²) in [6.07, 6.45) is 0.777. The zero-order valence-corrected chi connectivity index (χ0v) is 13.4. The number of benzene rings is 2. The second-order valence-electron chi connectivity index (χ2n) is 5.76. The summed E-state index contributed by atoms with van der Waals surface area (Å²) in [6.45, 7) is 1.60. The fourth-order valence-corrected chi connectivity index (χ4v) is 2.71. The Morgan fingerprint density at radius 1 is 1.17 bits per heavy atom. The number of rotatable bonds is 5. The Labute approximate surface area is 140 Å². The first kappa shape index (κ1) is 16.5. The minimum Gasteiger partial charge on any atom is -0.484 e. The van der Waals surface area contributed by atoms with E-state index in [-0.39, 0.29) is 24.4 Å². The zero-order valence-electron chi connectivity index (χ0n) is 13.4. The van der Waals surface area contributed by atoms with Gasteiger partial charge in [0.1, 0.15) is 11.6 Å². The third kappa shape index (κ3) is 4.55. The van der Waals surface area contributed by atoms with Gasteiger partial charge in [-0.3, -0.25) is 4.79 Å². The van der Waals surface area contributed by atoms with Crippen LogP contribution in [0.15, 0.2) is 54.6 Å². The largest absolute Gasteiger partial charge is 0.484 e. The second kappa shape index (κ2) is 7.93. The van der Waals surface area contributed by atoms with E-state index < -0.39 is 0 Å². The molecule has 1 heterocycles. The van der Waals surface area contributed by atoms with Crippen LogP contribution < -0.4 is 4.74 Å². The molecule has 0 spiro atoms. The number of hydrogen-bond acceptors (Lipinski definition) is 3. The molecule has 1 atom stereocenters. The number of ether oxygens (including phenoxy) is 2. The monoisotopic (exact) mass is 329 g/mol. The number of hydrogen-bond donors (Lipinski definition) is 0. The Kier molecular flexibility index (Phi) is 5.43. The molecule has 126 valence electrons. The number of carbonyl (C=O) groups excluding carboxylic acids is 1. The molecule has 0 N–H and O–H groups in total. The maximum atomic E-state index is 12.9. The van der Waals surface area contributed by atoms with Crippen molar-refractivity contribution in [2.24, 2.45) is 0 Å². The van der Waals surface area contributed by atoms with Crippen LogP contribution in [0.2, 0.25) is 0 Å². The van der Waals surface area contributed by atoms with Crippen LogP contribution in [0, 0.1) is 5.82 Å². The first-order chi connectivity index (χ1) is 11.7. The standard InChI is InChI=1S/C19H20FNO3/c20-16-6-8-17(9-7-16)24-14-19(22)21-10-11-23-18(13-21)12-15-4-2-1-3-5-15/h1-9,18H,10-14H2. The molecule has 3 rings (SSSR count). The molecule has 0 saturated carbocycles. The molecule has 1 fully saturated rings. The number of morpholine rings is 1. The van der Waals surface area contributed by atoms with Crippen LogP contribution in [-0.2, 0) is 16.0 Å². The predicted molar refractivity (Wildman–Crippen MR) is 88.4 cm³/mol. The molecule has 5 heteroatoms. The van der Waals surface area contributed by atoms with E-state index in [4.69, 9.17) is 9.47 Å². The van der Waals surface area contributed by atoms with Crippen LogP contribution in [0.4, 0.5) is 4.39 Å². The average molecular weight is 329 g/mol. The van der Waals surface area contributed by atoms with Gasteiger partial charge in [0.15, 0.2) is 6.61 Å². The Hall–Kier alpha value is -2.40. The molecule has 0 radical (unpaired) electrons. The summed E-state index contributed by atoms with van der Waals surface area (Å²) in [4.78, 5) is 14.1. The third-order valence-corrected chi connectivity index (χ3v) is 3.97. The van der Waals surface area contributed by atoms with Crippen molar-refractivity contribution in [1.29, 1.82) is 0 Å². The van der Waals surface area contributed by atoms with Gasteiger partial charge in [-0.15, -0.1) is 0 Å². The maximum Gasteiger partial charge on any atom is 0.260 e. The smallest absolute Gasteiger partial charge is 0.260 e. The maximum absolute atomic E-state index is 12.9. The van der Waals surface area contributed by atoms with Gasteiger partial charge in [0.25, 0.3) is 5.91 Å². The van der Waals surface area contributed by atoms with Crippen molar-refractivity contribution in [3.8, 4) is 5.75 Å². The van der Waals surface area contributed by atoms with E-state index in [0.29, 0.717) is 25.4 Å². The SMILES string of the molecule is O=C(COc1ccc(F)cc1)N1CCOC(Cc2ccccc2)C1. The summed E-state index contributed by atoms with van der Waals surface area (Å²) in [7, 11) is 0. The lowest BCUT2D eigenvalue weighted by molar-refractivity contribution is -0.140. The van der Waals surface area contributed by atoms with Crippen molar-refractivity contribution in [2.75, 3.05) is 26.3 Å². The number of nitrogens with zero attached hydrogens (tertiary/aromatic N) is 1. The van der Waals surface area contributed by atoms with E-state index in [9.17, 15) is 9.18 Å². The van der Waals surface area contributed by atoms with Gasteiger partial charge in [-0.2, -0.15) is 0 Å². The predicted octanol–water partition coefficient (Wildman–Crippen LogP) is 2.67. The molecule has 1 amide bonds. The van der Waals surface area contributed by atoms with Crippen molar-refractivity contribution in [2.45, 2.75) is 12.5 Å². The first-order valence-electron chi connectivity index (χ1n) is 8.02. The minimum absolute atomic E-state index is 0.00378. The molecule has 24 heavy (non-hydrogen) atoms. The summed E-state index contributed by atoms with van der Waals surface area (Å²) < 4.78 is 24.0. The molecule has 4 nitrogen and oxygen atoms in total. The highest BCUT2D eigenvalue weighted by molar-refractivity contribution is 5.77. The molecule has 2 aromatic carbocycles. The van der Waals surface area contributed by atoms with Crippen molar-refractivity contribution < 1.29 is 18.7 Å². The molecular weight excluding hydrogens is 309 g/mol. The van der Waals surface area contributed by atoms with E-state index in [1.165, 1.54) is 29.8 Å².